The van der Waals surface area contributed by atoms with Crippen molar-refractivity contribution >= 4 is 23.9 Å². The molecular weight excluding hydrogens is 365 g/mol. The molecule has 0 aromatic carbocycles. The molecule has 0 aromatic heterocycles. The Balaban J connectivity index is 0. The van der Waals surface area contributed by atoms with Gasteiger partial charge in [0.15, 0.2) is 0 Å². The maximum atomic E-state index is 10.5. The number of carboxylic acid groups (broad SMARTS) is 4. The van der Waals surface area contributed by atoms with Crippen LogP contribution in [0.5, 0.6) is 0 Å². The fourth-order valence-electron chi connectivity index (χ4n) is 1.45. The second-order valence-electron chi connectivity index (χ2n) is 3.93. The zero-order chi connectivity index (χ0) is 15.7. The maximum absolute atomic E-state index is 10.5. The van der Waals surface area contributed by atoms with E-state index >= 15 is 0 Å². The van der Waals surface area contributed by atoms with E-state index in [1.807, 2.05) is 0 Å². The van der Waals surface area contributed by atoms with Gasteiger partial charge in [0, 0.05) is 32.7 Å². The van der Waals surface area contributed by atoms with Gasteiger partial charge in [-0.3, -0.25) is 14.6 Å². The van der Waals surface area contributed by atoms with Gasteiger partial charge in [-0.15, -0.1) is 0 Å². The number of rotatable bonds is 11. The molecule has 0 aliphatic carbocycles. The molecule has 10 nitrogen and oxygen atoms in total. The second kappa shape index (κ2) is 11.6. The van der Waals surface area contributed by atoms with Gasteiger partial charge in [-0.25, -0.2) is 0 Å². The summed E-state index contributed by atoms with van der Waals surface area (Å²) in [6.07, 6.45) is 0. The van der Waals surface area contributed by atoms with Gasteiger partial charge in [-0.2, -0.15) is 0 Å². The first-order valence-electron chi connectivity index (χ1n) is 5.46. The number of carbonyl (C=O) groups excluding carboxylic acids is 3. The summed E-state index contributed by atoms with van der Waals surface area (Å²) in [5, 5.41) is 39.8. The fourth-order valence-corrected chi connectivity index (χ4v) is 1.45. The number of hydrogen-bond donors (Lipinski definition) is 1. The Labute approximate surface area is 145 Å². The average Bonchev–Trinajstić information content (AvgIpc) is 2.22. The molecule has 1 N–H and O–H groups in total. The predicted molar refractivity (Wildman–Crippen MR) is 55.5 cm³/mol. The van der Waals surface area contributed by atoms with Crippen molar-refractivity contribution in [3.8, 4) is 0 Å². The Hall–Kier alpha value is -1.10. The van der Waals surface area contributed by atoms with Crippen LogP contribution in [0.15, 0.2) is 0 Å². The zero-order valence-corrected chi connectivity index (χ0v) is 13.9. The molecular formula is C10H13N2O8Y. The summed E-state index contributed by atoms with van der Waals surface area (Å²) in [5.41, 5.74) is 0. The minimum absolute atomic E-state index is 0. The van der Waals surface area contributed by atoms with Gasteiger partial charge in [0.25, 0.3) is 0 Å². The Morgan fingerprint density at radius 3 is 1.24 bits per heavy atom. The van der Waals surface area contributed by atoms with Crippen molar-refractivity contribution in [2.24, 2.45) is 0 Å². The van der Waals surface area contributed by atoms with Crippen molar-refractivity contribution in [3.63, 3.8) is 0 Å². The van der Waals surface area contributed by atoms with Crippen molar-refractivity contribution < 1.29 is 72.3 Å². The smallest absolute Gasteiger partial charge is 0.549 e. The minimum atomic E-state index is -1.52. The number of aliphatic carboxylic acids is 4. The molecule has 0 spiro atoms. The Morgan fingerprint density at radius 2 is 1.00 bits per heavy atom. The van der Waals surface area contributed by atoms with E-state index < -0.39 is 50.1 Å². The van der Waals surface area contributed by atoms with Gasteiger partial charge in [-0.1, -0.05) is 0 Å². The van der Waals surface area contributed by atoms with E-state index in [0.29, 0.717) is 0 Å². The number of carboxylic acids is 4. The predicted octanol–water partition coefficient (Wildman–Crippen LogP) is -6.08. The SMILES string of the molecule is O=C([O-])CN(CCN(CC(=O)[O-])CC(=O)O)CC(=O)[O-].[Y+3]. The van der Waals surface area contributed by atoms with Crippen LogP contribution in [0.25, 0.3) is 0 Å². The van der Waals surface area contributed by atoms with Gasteiger partial charge in [-0.05, 0) is 0 Å². The molecule has 0 saturated carbocycles. The van der Waals surface area contributed by atoms with E-state index in [1.165, 1.54) is 0 Å². The summed E-state index contributed by atoms with van der Waals surface area (Å²) in [6.45, 7) is -3.00. The first-order chi connectivity index (χ1) is 9.20. The molecule has 114 valence electrons. The average molecular weight is 378 g/mol. The summed E-state index contributed by atoms with van der Waals surface area (Å²) < 4.78 is 0. The zero-order valence-electron chi connectivity index (χ0n) is 11.0. The van der Waals surface area contributed by atoms with Crippen LogP contribution in [0.4, 0.5) is 0 Å². The Kier molecular flexibility index (Phi) is 12.2. The molecule has 0 fully saturated rings. The minimum Gasteiger partial charge on any atom is -0.549 e. The monoisotopic (exact) mass is 378 g/mol. The van der Waals surface area contributed by atoms with E-state index in [-0.39, 0.29) is 45.8 Å². The topological polar surface area (TPSA) is 164 Å². The van der Waals surface area contributed by atoms with E-state index in [2.05, 4.69) is 0 Å². The molecule has 0 aromatic rings. The van der Waals surface area contributed by atoms with E-state index in [0.717, 1.165) is 9.80 Å². The molecule has 0 atom stereocenters. The van der Waals surface area contributed by atoms with Gasteiger partial charge >= 0.3 is 38.7 Å². The molecule has 0 rings (SSSR count). The first kappa shape index (κ1) is 22.2. The number of nitrogens with zero attached hydrogens (tertiary/aromatic N) is 2. The van der Waals surface area contributed by atoms with Crippen molar-refractivity contribution in [2.75, 3.05) is 39.3 Å². The van der Waals surface area contributed by atoms with Crippen LogP contribution in [0, 0.1) is 0 Å². The second-order valence-corrected chi connectivity index (χ2v) is 3.93. The van der Waals surface area contributed by atoms with Gasteiger partial charge < -0.3 is 34.8 Å². The van der Waals surface area contributed by atoms with Crippen LogP contribution in [0.2, 0.25) is 0 Å². The summed E-state index contributed by atoms with van der Waals surface area (Å²) in [5.74, 6) is -5.82. The fraction of sp³-hybridized carbons (Fsp3) is 0.600. The molecule has 11 heteroatoms. The van der Waals surface area contributed by atoms with E-state index in [1.54, 1.807) is 0 Å². The van der Waals surface area contributed by atoms with Crippen LogP contribution in [0.3, 0.4) is 0 Å². The van der Waals surface area contributed by atoms with Crippen LogP contribution in [0.1, 0.15) is 0 Å². The van der Waals surface area contributed by atoms with E-state index in [4.69, 9.17) is 5.11 Å². The van der Waals surface area contributed by atoms with E-state index in [9.17, 15) is 34.5 Å². The molecule has 0 bridgehead atoms. The van der Waals surface area contributed by atoms with Gasteiger partial charge in [0.2, 0.25) is 0 Å². The molecule has 0 aliphatic rings. The largest absolute Gasteiger partial charge is 3.00 e. The maximum Gasteiger partial charge on any atom is 3.00 e. The third-order valence-electron chi connectivity index (χ3n) is 2.15. The van der Waals surface area contributed by atoms with Crippen LogP contribution in [-0.2, 0) is 51.9 Å². The third-order valence-corrected chi connectivity index (χ3v) is 2.15. The summed E-state index contributed by atoms with van der Waals surface area (Å²) in [6, 6.07) is 0. The van der Waals surface area contributed by atoms with Gasteiger partial charge in [0.05, 0.1) is 24.5 Å². The molecule has 0 radical (unpaired) electrons. The van der Waals surface area contributed by atoms with Crippen molar-refractivity contribution in [2.45, 2.75) is 0 Å². The van der Waals surface area contributed by atoms with Crippen molar-refractivity contribution in [3.05, 3.63) is 0 Å². The molecule has 0 unspecified atom stereocenters. The normalized spacial score (nSPS) is 10.2. The first-order valence-corrected chi connectivity index (χ1v) is 5.46. The molecule has 0 saturated heterocycles. The molecule has 0 heterocycles. The summed E-state index contributed by atoms with van der Waals surface area (Å²) in [4.78, 5) is 43.7. The molecule has 21 heavy (non-hydrogen) atoms. The van der Waals surface area contributed by atoms with Crippen molar-refractivity contribution in [1.29, 1.82) is 0 Å². The van der Waals surface area contributed by atoms with Gasteiger partial charge in [0.1, 0.15) is 0 Å². The van der Waals surface area contributed by atoms with Crippen LogP contribution in [-0.4, -0.2) is 78.1 Å². The number of carbonyl (C=O) groups is 4. The number of hydrogen-bond acceptors (Lipinski definition) is 9. The summed E-state index contributed by atoms with van der Waals surface area (Å²) in [7, 11) is 0. The van der Waals surface area contributed by atoms with Crippen LogP contribution < -0.4 is 15.3 Å². The quantitative estimate of drug-likeness (QED) is 0.366. The Bertz CT molecular complexity index is 321. The van der Waals surface area contributed by atoms with Crippen LogP contribution >= 0.6 is 0 Å². The summed E-state index contributed by atoms with van der Waals surface area (Å²) >= 11 is 0. The van der Waals surface area contributed by atoms with Crippen molar-refractivity contribution in [1.82, 2.24) is 9.80 Å². The molecule has 0 amide bonds. The third kappa shape index (κ3) is 13.6. The molecule has 0 aliphatic heterocycles. The standard InChI is InChI=1S/C10H16N2O8.Y/c13-7(14)3-11(4-8(15)16)1-2-12(5-9(17)18)6-10(19)20;/h1-6H2,(H,13,14)(H,15,16)(H,17,18)(H,19,20);/q;+3/p-3. The Morgan fingerprint density at radius 1 is 0.714 bits per heavy atom.